The van der Waals surface area contributed by atoms with Crippen molar-refractivity contribution in [2.75, 3.05) is 11.3 Å². The molecule has 0 unspecified atom stereocenters. The number of sulfonamides is 1. The lowest BCUT2D eigenvalue weighted by Crippen LogP contribution is -2.32. The van der Waals surface area contributed by atoms with E-state index in [4.69, 9.17) is 0 Å². The molecule has 3 aromatic rings. The summed E-state index contributed by atoms with van der Waals surface area (Å²) in [4.78, 5) is 6.58. The van der Waals surface area contributed by atoms with Crippen molar-refractivity contribution in [3.8, 4) is 0 Å². The summed E-state index contributed by atoms with van der Waals surface area (Å²) in [5.74, 6) is 0. The van der Waals surface area contributed by atoms with E-state index < -0.39 is 10.0 Å². The molecule has 1 fully saturated rings. The zero-order chi connectivity index (χ0) is 19.4. The average molecular weight is 415 g/mol. The van der Waals surface area contributed by atoms with Gasteiger partial charge < -0.3 is 0 Å². The monoisotopic (exact) mass is 414 g/mol. The predicted molar refractivity (Wildman–Crippen MR) is 111 cm³/mol. The van der Waals surface area contributed by atoms with Gasteiger partial charge in [0.1, 0.15) is 6.33 Å². The van der Waals surface area contributed by atoms with Crippen molar-refractivity contribution in [1.82, 2.24) is 14.3 Å². The summed E-state index contributed by atoms with van der Waals surface area (Å²) < 4.78 is 31.2. The molecule has 8 heteroatoms. The Morgan fingerprint density at radius 3 is 2.57 bits per heavy atom. The smallest absolute Gasteiger partial charge is 0.263 e. The molecule has 0 amide bonds. The Labute approximate surface area is 169 Å². The highest BCUT2D eigenvalue weighted by Gasteiger charge is 2.24. The zero-order valence-electron chi connectivity index (χ0n) is 15.4. The first kappa shape index (κ1) is 19.0. The first-order valence-corrected chi connectivity index (χ1v) is 11.5. The molecule has 0 bridgehead atoms. The number of hydrogen-bond acceptors (Lipinski definition) is 6. The second-order valence-corrected chi connectivity index (χ2v) is 9.35. The summed E-state index contributed by atoms with van der Waals surface area (Å²) in [5.41, 5.74) is 2.46. The van der Waals surface area contributed by atoms with Crippen LogP contribution in [0.2, 0.25) is 0 Å². The number of likely N-dealkylation sites (tertiary alicyclic amines) is 1. The van der Waals surface area contributed by atoms with Crippen molar-refractivity contribution in [1.29, 1.82) is 0 Å². The van der Waals surface area contributed by atoms with Crippen molar-refractivity contribution < 1.29 is 8.42 Å². The van der Waals surface area contributed by atoms with Gasteiger partial charge in [0.25, 0.3) is 10.0 Å². The van der Waals surface area contributed by atoms with Gasteiger partial charge in [0.15, 0.2) is 0 Å². The van der Waals surface area contributed by atoms with Crippen molar-refractivity contribution in [2.24, 2.45) is 0 Å². The first-order valence-electron chi connectivity index (χ1n) is 9.29. The van der Waals surface area contributed by atoms with Gasteiger partial charge in [-0.05, 0) is 42.6 Å². The van der Waals surface area contributed by atoms with E-state index in [2.05, 4.69) is 43.2 Å². The van der Waals surface area contributed by atoms with Gasteiger partial charge in [0, 0.05) is 24.1 Å². The largest absolute Gasteiger partial charge is 0.292 e. The number of nitrogens with one attached hydrogen (secondary N) is 1. The van der Waals surface area contributed by atoms with Crippen molar-refractivity contribution >= 4 is 26.7 Å². The minimum Gasteiger partial charge on any atom is -0.292 e. The minimum atomic E-state index is -3.64. The van der Waals surface area contributed by atoms with E-state index in [-0.39, 0.29) is 10.0 Å². The van der Waals surface area contributed by atoms with Crippen LogP contribution in [-0.2, 0) is 16.6 Å². The van der Waals surface area contributed by atoms with Crippen LogP contribution in [0.1, 0.15) is 36.4 Å². The van der Waals surface area contributed by atoms with Gasteiger partial charge in [-0.25, -0.2) is 13.4 Å². The molecule has 4 rings (SSSR count). The summed E-state index contributed by atoms with van der Waals surface area (Å²) in [6.07, 6.45) is 4.92. The Morgan fingerprint density at radius 2 is 1.86 bits per heavy atom. The van der Waals surface area contributed by atoms with Crippen molar-refractivity contribution in [2.45, 2.75) is 36.7 Å². The lowest BCUT2D eigenvalue weighted by Gasteiger charge is -2.36. The Kier molecular flexibility index (Phi) is 5.70. The number of benzene rings is 2. The first-order chi connectivity index (χ1) is 13.6. The highest BCUT2D eigenvalue weighted by Crippen LogP contribution is 2.32. The lowest BCUT2D eigenvalue weighted by molar-refractivity contribution is 0.140. The fourth-order valence-electron chi connectivity index (χ4n) is 3.63. The molecule has 1 atom stereocenters. The topological polar surface area (TPSA) is 75.2 Å². The van der Waals surface area contributed by atoms with Crippen LogP contribution >= 0.6 is 11.5 Å². The number of rotatable bonds is 6. The maximum absolute atomic E-state index is 12.5. The van der Waals surface area contributed by atoms with E-state index in [1.54, 1.807) is 12.1 Å². The molecule has 146 valence electrons. The summed E-state index contributed by atoms with van der Waals surface area (Å²) in [6, 6.07) is 18.1. The van der Waals surface area contributed by atoms with Crippen LogP contribution < -0.4 is 4.72 Å². The maximum Gasteiger partial charge on any atom is 0.263 e. The highest BCUT2D eigenvalue weighted by atomic mass is 32.2. The van der Waals surface area contributed by atoms with Crippen LogP contribution in [0.4, 0.5) is 5.13 Å². The third kappa shape index (κ3) is 4.40. The number of piperidine rings is 1. The lowest BCUT2D eigenvalue weighted by atomic mass is 9.95. The molecule has 1 aliphatic rings. The molecule has 0 saturated carbocycles. The molecule has 1 aliphatic heterocycles. The number of hydrogen-bond donors (Lipinski definition) is 1. The minimum absolute atomic E-state index is 0.227. The molecule has 2 heterocycles. The van der Waals surface area contributed by atoms with Gasteiger partial charge >= 0.3 is 0 Å². The maximum atomic E-state index is 12.5. The molecule has 1 saturated heterocycles. The third-order valence-electron chi connectivity index (χ3n) is 5.00. The predicted octanol–water partition coefficient (Wildman–Crippen LogP) is 4.07. The van der Waals surface area contributed by atoms with Gasteiger partial charge in [-0.1, -0.05) is 48.9 Å². The molecule has 2 aromatic carbocycles. The molecular formula is C20H22N4O2S2. The molecule has 1 aromatic heterocycles. The molecule has 28 heavy (non-hydrogen) atoms. The van der Waals surface area contributed by atoms with Crippen molar-refractivity contribution in [3.05, 3.63) is 72.1 Å². The molecule has 0 radical (unpaired) electrons. The fraction of sp³-hybridized carbons (Fsp3) is 0.300. The van der Waals surface area contributed by atoms with E-state index in [1.165, 1.54) is 24.7 Å². The summed E-state index contributed by atoms with van der Waals surface area (Å²) in [7, 11) is -3.64. The molecule has 0 aliphatic carbocycles. The van der Waals surface area contributed by atoms with Gasteiger partial charge in [-0.3, -0.25) is 9.62 Å². The molecular weight excluding hydrogens is 392 g/mol. The second kappa shape index (κ2) is 8.38. The zero-order valence-corrected chi connectivity index (χ0v) is 17.0. The molecule has 1 N–H and O–H groups in total. The van der Waals surface area contributed by atoms with Crippen LogP contribution in [0.3, 0.4) is 0 Å². The molecule has 6 nitrogen and oxygen atoms in total. The van der Waals surface area contributed by atoms with E-state index in [0.717, 1.165) is 36.6 Å². The second-order valence-electron chi connectivity index (χ2n) is 6.89. The highest BCUT2D eigenvalue weighted by molar-refractivity contribution is 7.93. The summed E-state index contributed by atoms with van der Waals surface area (Å²) >= 11 is 1.01. The Bertz CT molecular complexity index is 990. The van der Waals surface area contributed by atoms with E-state index in [0.29, 0.717) is 6.04 Å². The van der Waals surface area contributed by atoms with Crippen molar-refractivity contribution in [3.63, 3.8) is 0 Å². The van der Waals surface area contributed by atoms with Crippen LogP contribution in [0.5, 0.6) is 0 Å². The Balaban J connectivity index is 1.48. The fourth-order valence-corrected chi connectivity index (χ4v) is 5.29. The van der Waals surface area contributed by atoms with Gasteiger partial charge in [-0.2, -0.15) is 4.37 Å². The average Bonchev–Trinajstić information content (AvgIpc) is 3.22. The quantitative estimate of drug-likeness (QED) is 0.658. The Morgan fingerprint density at radius 1 is 1.07 bits per heavy atom. The van der Waals surface area contributed by atoms with Crippen LogP contribution in [0.25, 0.3) is 0 Å². The van der Waals surface area contributed by atoms with Gasteiger partial charge in [0.2, 0.25) is 5.13 Å². The van der Waals surface area contributed by atoms with Crippen LogP contribution in [-0.4, -0.2) is 29.2 Å². The van der Waals surface area contributed by atoms with E-state index in [9.17, 15) is 8.42 Å². The number of anilines is 1. The summed E-state index contributed by atoms with van der Waals surface area (Å²) in [5, 5.41) is 0.267. The van der Waals surface area contributed by atoms with Crippen LogP contribution in [0, 0.1) is 0 Å². The normalized spacial score (nSPS) is 18.1. The number of aromatic nitrogens is 2. The van der Waals surface area contributed by atoms with Gasteiger partial charge in [0.05, 0.1) is 4.90 Å². The summed E-state index contributed by atoms with van der Waals surface area (Å²) in [6.45, 7) is 1.86. The van der Waals surface area contributed by atoms with Gasteiger partial charge in [-0.15, -0.1) is 0 Å². The standard InChI is InChI=1S/C20H22N4O2S2/c25-28(26,23-20-21-15-22-27-20)18-11-9-16(10-12-18)14-24-13-5-4-8-19(24)17-6-2-1-3-7-17/h1-3,6-7,9-12,15,19H,4-5,8,13-14H2,(H,21,22,23)/t19-/m1/s1. The van der Waals surface area contributed by atoms with E-state index >= 15 is 0 Å². The SMILES string of the molecule is O=S(=O)(Nc1ncns1)c1ccc(CN2CCCC[C@@H]2c2ccccc2)cc1. The third-order valence-corrected chi connectivity index (χ3v) is 7.06. The molecule has 0 spiro atoms. The van der Waals surface area contributed by atoms with E-state index in [1.807, 2.05) is 18.2 Å². The van der Waals surface area contributed by atoms with Crippen LogP contribution in [0.15, 0.2) is 65.8 Å². The number of nitrogens with zero attached hydrogens (tertiary/aromatic N) is 3. The Hall–Kier alpha value is -2.29.